The average Bonchev–Trinajstić information content (AvgIpc) is 2.78. The number of oxime groups is 1. The van der Waals surface area contributed by atoms with Crippen LogP contribution in [-0.4, -0.2) is 11.3 Å². The van der Waals surface area contributed by atoms with Gasteiger partial charge in [0.05, 0.1) is 5.71 Å². The molecule has 2 aliphatic rings. The lowest BCUT2D eigenvalue weighted by Gasteiger charge is -2.33. The molecule has 1 aromatic rings. The van der Waals surface area contributed by atoms with E-state index >= 15 is 0 Å². The van der Waals surface area contributed by atoms with Gasteiger partial charge in [-0.1, -0.05) is 42.4 Å². The molecule has 96 valence electrons. The van der Waals surface area contributed by atoms with Gasteiger partial charge in [0, 0.05) is 12.8 Å². The molecule has 3 rings (SSSR count). The second kappa shape index (κ2) is 4.75. The van der Waals surface area contributed by atoms with Crippen LogP contribution in [0.4, 0.5) is 0 Å². The van der Waals surface area contributed by atoms with Crippen LogP contribution < -0.4 is 0 Å². The van der Waals surface area contributed by atoms with Gasteiger partial charge in [0.25, 0.3) is 0 Å². The Bertz CT molecular complexity index is 430. The van der Waals surface area contributed by atoms with Crippen LogP contribution in [0, 0.1) is 5.92 Å². The predicted molar refractivity (Wildman–Crippen MR) is 73.6 cm³/mol. The average molecular weight is 243 g/mol. The van der Waals surface area contributed by atoms with Crippen molar-refractivity contribution in [1.29, 1.82) is 0 Å². The first-order valence-corrected chi connectivity index (χ1v) is 7.04. The fourth-order valence-electron chi connectivity index (χ4n) is 3.08. The fourth-order valence-corrected chi connectivity index (χ4v) is 3.08. The molecule has 0 N–H and O–H groups in total. The lowest BCUT2D eigenvalue weighted by atomic mass is 9.77. The molecule has 2 nitrogen and oxygen atoms in total. The molecular weight excluding hydrogens is 222 g/mol. The first kappa shape index (κ1) is 11.8. The summed E-state index contributed by atoms with van der Waals surface area (Å²) in [5.41, 5.74) is 2.60. The third kappa shape index (κ3) is 2.43. The van der Waals surface area contributed by atoms with Gasteiger partial charge in [-0.05, 0) is 37.2 Å². The van der Waals surface area contributed by atoms with Gasteiger partial charge in [-0.15, -0.1) is 0 Å². The number of benzene rings is 1. The molecule has 0 saturated heterocycles. The summed E-state index contributed by atoms with van der Waals surface area (Å²) in [6.45, 7) is 2.34. The second-order valence-electron chi connectivity index (χ2n) is 5.95. The highest BCUT2D eigenvalue weighted by Crippen LogP contribution is 2.40. The summed E-state index contributed by atoms with van der Waals surface area (Å²) in [7, 11) is 0. The topological polar surface area (TPSA) is 21.6 Å². The molecule has 2 heteroatoms. The van der Waals surface area contributed by atoms with Gasteiger partial charge in [0.15, 0.2) is 0 Å². The Balaban J connectivity index is 1.61. The summed E-state index contributed by atoms with van der Waals surface area (Å²) in [6.07, 6.45) is 6.90. The van der Waals surface area contributed by atoms with Crippen LogP contribution in [0.3, 0.4) is 0 Å². The summed E-state index contributed by atoms with van der Waals surface area (Å²) in [4.78, 5) is 5.80. The highest BCUT2D eigenvalue weighted by Gasteiger charge is 2.41. The molecular formula is C16H21NO. The van der Waals surface area contributed by atoms with Crippen molar-refractivity contribution in [2.45, 2.75) is 51.0 Å². The number of nitrogens with zero attached hydrogens (tertiary/aromatic N) is 1. The highest BCUT2D eigenvalue weighted by atomic mass is 16.7. The van der Waals surface area contributed by atoms with E-state index in [0.717, 1.165) is 18.8 Å². The van der Waals surface area contributed by atoms with E-state index < -0.39 is 0 Å². The smallest absolute Gasteiger partial charge is 0.143 e. The maximum Gasteiger partial charge on any atom is 0.143 e. The van der Waals surface area contributed by atoms with Crippen molar-refractivity contribution in [3.05, 3.63) is 35.9 Å². The maximum atomic E-state index is 5.80. The maximum absolute atomic E-state index is 5.80. The number of rotatable bonds is 2. The molecule has 1 aromatic carbocycles. The molecule has 0 aromatic heterocycles. The minimum atomic E-state index is 0.0522. The van der Waals surface area contributed by atoms with Gasteiger partial charge in [0.2, 0.25) is 0 Å². The number of hydrogen-bond acceptors (Lipinski definition) is 2. The quantitative estimate of drug-likeness (QED) is 0.770. The van der Waals surface area contributed by atoms with E-state index in [1.54, 1.807) is 0 Å². The van der Waals surface area contributed by atoms with Crippen molar-refractivity contribution in [1.82, 2.24) is 0 Å². The molecule has 1 spiro atoms. The van der Waals surface area contributed by atoms with Gasteiger partial charge in [0.1, 0.15) is 5.60 Å². The SMILES string of the molecule is CC1CCC2(CC1)CC(Cc1ccccc1)=NO2. The van der Waals surface area contributed by atoms with Crippen molar-refractivity contribution in [2.24, 2.45) is 11.1 Å². The van der Waals surface area contributed by atoms with Crippen molar-refractivity contribution >= 4 is 5.71 Å². The minimum absolute atomic E-state index is 0.0522. The van der Waals surface area contributed by atoms with Crippen molar-refractivity contribution in [3.63, 3.8) is 0 Å². The van der Waals surface area contributed by atoms with E-state index in [1.807, 2.05) is 0 Å². The van der Waals surface area contributed by atoms with E-state index in [-0.39, 0.29) is 5.60 Å². The lowest BCUT2D eigenvalue weighted by molar-refractivity contribution is -0.0527. The van der Waals surface area contributed by atoms with Crippen LogP contribution in [0.1, 0.15) is 44.6 Å². The molecule has 1 fully saturated rings. The Morgan fingerprint density at radius 2 is 1.94 bits per heavy atom. The summed E-state index contributed by atoms with van der Waals surface area (Å²) < 4.78 is 0. The van der Waals surface area contributed by atoms with Gasteiger partial charge in [-0.25, -0.2) is 0 Å². The molecule has 1 heterocycles. The van der Waals surface area contributed by atoms with Crippen LogP contribution in [-0.2, 0) is 11.3 Å². The van der Waals surface area contributed by atoms with E-state index in [2.05, 4.69) is 42.4 Å². The first-order valence-electron chi connectivity index (χ1n) is 7.04. The zero-order valence-electron chi connectivity index (χ0n) is 11.1. The van der Waals surface area contributed by atoms with Gasteiger partial charge < -0.3 is 4.84 Å². The summed E-state index contributed by atoms with van der Waals surface area (Å²) in [6, 6.07) is 10.6. The Morgan fingerprint density at radius 1 is 1.22 bits per heavy atom. The number of hydrogen-bond donors (Lipinski definition) is 0. The normalized spacial score (nSPS) is 31.2. The first-order chi connectivity index (χ1) is 8.76. The van der Waals surface area contributed by atoms with Crippen LogP contribution in [0.5, 0.6) is 0 Å². The molecule has 0 radical (unpaired) electrons. The Kier molecular flexibility index (Phi) is 3.11. The molecule has 0 unspecified atom stereocenters. The third-order valence-electron chi connectivity index (χ3n) is 4.33. The summed E-state index contributed by atoms with van der Waals surface area (Å²) in [5, 5.41) is 4.35. The summed E-state index contributed by atoms with van der Waals surface area (Å²) in [5.74, 6) is 0.859. The zero-order chi connectivity index (χ0) is 12.4. The molecule has 0 bridgehead atoms. The molecule has 1 saturated carbocycles. The van der Waals surface area contributed by atoms with E-state index in [4.69, 9.17) is 4.84 Å². The Hall–Kier alpha value is -1.31. The predicted octanol–water partition coefficient (Wildman–Crippen LogP) is 3.95. The van der Waals surface area contributed by atoms with Gasteiger partial charge in [-0.3, -0.25) is 0 Å². The Labute approximate surface area is 109 Å². The standard InChI is InChI=1S/C16H21NO/c1-13-7-9-16(10-8-13)12-15(17-18-16)11-14-5-3-2-4-6-14/h2-6,13H,7-12H2,1H3. The van der Waals surface area contributed by atoms with Crippen molar-refractivity contribution < 1.29 is 4.84 Å². The molecule has 18 heavy (non-hydrogen) atoms. The van der Waals surface area contributed by atoms with Crippen molar-refractivity contribution in [3.8, 4) is 0 Å². The Morgan fingerprint density at radius 3 is 2.67 bits per heavy atom. The molecule has 0 amide bonds. The minimum Gasteiger partial charge on any atom is -0.389 e. The largest absolute Gasteiger partial charge is 0.389 e. The zero-order valence-corrected chi connectivity index (χ0v) is 11.1. The second-order valence-corrected chi connectivity index (χ2v) is 5.95. The van der Waals surface area contributed by atoms with Crippen LogP contribution in [0.2, 0.25) is 0 Å². The van der Waals surface area contributed by atoms with Crippen LogP contribution in [0.15, 0.2) is 35.5 Å². The fraction of sp³-hybridized carbons (Fsp3) is 0.562. The van der Waals surface area contributed by atoms with Crippen molar-refractivity contribution in [2.75, 3.05) is 0 Å². The van der Waals surface area contributed by atoms with E-state index in [0.29, 0.717) is 0 Å². The third-order valence-corrected chi connectivity index (χ3v) is 4.33. The van der Waals surface area contributed by atoms with Gasteiger partial charge in [-0.2, -0.15) is 0 Å². The molecule has 1 aliphatic heterocycles. The lowest BCUT2D eigenvalue weighted by Crippen LogP contribution is -2.34. The van der Waals surface area contributed by atoms with Crippen LogP contribution in [0.25, 0.3) is 0 Å². The highest BCUT2D eigenvalue weighted by molar-refractivity contribution is 5.88. The molecule has 0 atom stereocenters. The summed E-state index contributed by atoms with van der Waals surface area (Å²) >= 11 is 0. The van der Waals surface area contributed by atoms with E-state index in [9.17, 15) is 0 Å². The molecule has 1 aliphatic carbocycles. The van der Waals surface area contributed by atoms with Crippen LogP contribution >= 0.6 is 0 Å². The van der Waals surface area contributed by atoms with E-state index in [1.165, 1.54) is 37.0 Å². The van der Waals surface area contributed by atoms with Gasteiger partial charge >= 0.3 is 0 Å². The monoisotopic (exact) mass is 243 g/mol.